The number of rotatable bonds is 12. The van der Waals surface area contributed by atoms with Crippen LogP contribution in [-0.2, 0) is 38.8 Å². The molecule has 0 radical (unpaired) electrons. The van der Waals surface area contributed by atoms with E-state index >= 15 is 0 Å². The molecule has 4 rings (SSSR count). The fraction of sp³-hybridized carbons (Fsp3) is 0.375. The lowest BCUT2D eigenvalue weighted by Gasteiger charge is -2.34. The Labute approximate surface area is 255 Å². The van der Waals surface area contributed by atoms with Gasteiger partial charge in [-0.3, -0.25) is 13.9 Å². The summed E-state index contributed by atoms with van der Waals surface area (Å²) in [6, 6.07) is 18.7. The standard InChI is InChI=1S/C32H36F3N3O5S/c1-43-28-17-8-12-24(18-28)21-37(29(19-23-10-4-3-5-11-23)31(40)36-26-14-6-7-15-26)30(39)22-38(44(2,41)42)27-16-9-13-25(20-27)32(33,34)35/h3-5,8-13,16-18,20,26,29H,6-7,14-15,19,21-22H2,1-2H3,(H,36,40)/t29-/m1/s1. The zero-order valence-corrected chi connectivity index (χ0v) is 25.4. The highest BCUT2D eigenvalue weighted by molar-refractivity contribution is 7.92. The number of benzene rings is 3. The molecule has 44 heavy (non-hydrogen) atoms. The van der Waals surface area contributed by atoms with E-state index in [1.165, 1.54) is 18.1 Å². The molecule has 1 saturated carbocycles. The molecule has 0 saturated heterocycles. The molecule has 12 heteroatoms. The lowest BCUT2D eigenvalue weighted by Crippen LogP contribution is -2.54. The van der Waals surface area contributed by atoms with Gasteiger partial charge in [0.1, 0.15) is 18.3 Å². The van der Waals surface area contributed by atoms with Crippen molar-refractivity contribution in [3.8, 4) is 5.75 Å². The summed E-state index contributed by atoms with van der Waals surface area (Å²) < 4.78 is 72.2. The van der Waals surface area contributed by atoms with Crippen molar-refractivity contribution in [2.24, 2.45) is 0 Å². The Bertz CT molecular complexity index is 1540. The lowest BCUT2D eigenvalue weighted by atomic mass is 10.0. The number of carbonyl (C=O) groups is 2. The van der Waals surface area contributed by atoms with Gasteiger partial charge in [-0.25, -0.2) is 8.42 Å². The monoisotopic (exact) mass is 631 g/mol. The van der Waals surface area contributed by atoms with Crippen LogP contribution in [0.15, 0.2) is 78.9 Å². The van der Waals surface area contributed by atoms with E-state index in [1.54, 1.807) is 24.3 Å². The summed E-state index contributed by atoms with van der Waals surface area (Å²) in [6.45, 7) is -0.891. The Hall–Kier alpha value is -4.06. The summed E-state index contributed by atoms with van der Waals surface area (Å²) in [7, 11) is -2.72. The van der Waals surface area contributed by atoms with Gasteiger partial charge in [-0.1, -0.05) is 61.4 Å². The molecule has 0 heterocycles. The molecule has 3 aromatic rings. The first kappa shape index (κ1) is 32.8. The van der Waals surface area contributed by atoms with Crippen molar-refractivity contribution in [1.82, 2.24) is 10.2 Å². The van der Waals surface area contributed by atoms with E-state index in [2.05, 4.69) is 5.32 Å². The van der Waals surface area contributed by atoms with Crippen molar-refractivity contribution in [2.75, 3.05) is 24.2 Å². The molecule has 1 aliphatic carbocycles. The second-order valence-electron chi connectivity index (χ2n) is 10.9. The van der Waals surface area contributed by atoms with Crippen molar-refractivity contribution in [1.29, 1.82) is 0 Å². The maximum absolute atomic E-state index is 14.2. The van der Waals surface area contributed by atoms with Crippen LogP contribution < -0.4 is 14.4 Å². The lowest BCUT2D eigenvalue weighted by molar-refractivity contribution is -0.140. The van der Waals surface area contributed by atoms with E-state index in [0.717, 1.165) is 49.6 Å². The molecule has 1 aliphatic rings. The van der Waals surface area contributed by atoms with E-state index in [1.807, 2.05) is 30.3 Å². The topological polar surface area (TPSA) is 96.0 Å². The summed E-state index contributed by atoms with van der Waals surface area (Å²) in [5.74, 6) is -0.619. The van der Waals surface area contributed by atoms with Gasteiger partial charge in [0.2, 0.25) is 21.8 Å². The molecular formula is C32H36F3N3O5S. The van der Waals surface area contributed by atoms with Gasteiger partial charge >= 0.3 is 6.18 Å². The number of nitrogens with zero attached hydrogens (tertiary/aromatic N) is 2. The predicted molar refractivity (Wildman–Crippen MR) is 162 cm³/mol. The minimum Gasteiger partial charge on any atom is -0.497 e. The van der Waals surface area contributed by atoms with Gasteiger partial charge in [-0.2, -0.15) is 13.2 Å². The highest BCUT2D eigenvalue weighted by atomic mass is 32.2. The Kier molecular flexibility index (Phi) is 10.6. The number of anilines is 1. The Morgan fingerprint density at radius 1 is 0.955 bits per heavy atom. The molecule has 0 spiro atoms. The van der Waals surface area contributed by atoms with Crippen molar-refractivity contribution < 1.29 is 35.9 Å². The number of sulfonamides is 1. The second kappa shape index (κ2) is 14.1. The third-order valence-corrected chi connectivity index (χ3v) is 8.74. The number of alkyl halides is 3. The molecule has 0 aromatic heterocycles. The van der Waals surface area contributed by atoms with E-state index < -0.39 is 40.3 Å². The number of halogens is 3. The van der Waals surface area contributed by atoms with Crippen LogP contribution in [0.3, 0.4) is 0 Å². The van der Waals surface area contributed by atoms with Crippen LogP contribution in [0, 0.1) is 0 Å². The third-order valence-electron chi connectivity index (χ3n) is 7.60. The molecule has 1 N–H and O–H groups in total. The zero-order chi connectivity index (χ0) is 31.9. The molecule has 2 amide bonds. The quantitative estimate of drug-likeness (QED) is 0.297. The number of carbonyl (C=O) groups excluding carboxylic acids is 2. The van der Waals surface area contributed by atoms with Gasteiger partial charge < -0.3 is 15.0 Å². The van der Waals surface area contributed by atoms with Crippen LogP contribution in [-0.4, -0.2) is 57.1 Å². The number of hydrogen-bond acceptors (Lipinski definition) is 5. The van der Waals surface area contributed by atoms with Crippen molar-refractivity contribution >= 4 is 27.5 Å². The van der Waals surface area contributed by atoms with Gasteiger partial charge in [-0.05, 0) is 54.3 Å². The minimum atomic E-state index is -4.72. The minimum absolute atomic E-state index is 0.0489. The molecule has 0 bridgehead atoms. The first-order chi connectivity index (χ1) is 20.8. The number of amides is 2. The SMILES string of the molecule is COc1cccc(CN(C(=O)CN(c2cccc(C(F)(F)F)c2)S(C)(=O)=O)[C@H](Cc2ccccc2)C(=O)NC2CCCC2)c1. The maximum Gasteiger partial charge on any atom is 0.416 e. The Morgan fingerprint density at radius 3 is 2.25 bits per heavy atom. The Balaban J connectivity index is 1.75. The van der Waals surface area contributed by atoms with Crippen LogP contribution in [0.1, 0.15) is 42.4 Å². The maximum atomic E-state index is 14.2. The van der Waals surface area contributed by atoms with Crippen LogP contribution in [0.25, 0.3) is 0 Å². The fourth-order valence-electron chi connectivity index (χ4n) is 5.34. The number of ether oxygens (including phenoxy) is 1. The number of hydrogen-bond donors (Lipinski definition) is 1. The van der Waals surface area contributed by atoms with Crippen LogP contribution in [0.5, 0.6) is 5.75 Å². The summed E-state index contributed by atoms with van der Waals surface area (Å²) in [4.78, 5) is 29.4. The first-order valence-electron chi connectivity index (χ1n) is 14.3. The van der Waals surface area contributed by atoms with Gasteiger partial charge in [0, 0.05) is 19.0 Å². The predicted octanol–water partition coefficient (Wildman–Crippen LogP) is 5.18. The molecule has 0 unspecified atom stereocenters. The first-order valence-corrected chi connectivity index (χ1v) is 16.1. The number of methoxy groups -OCH3 is 1. The van der Waals surface area contributed by atoms with Crippen molar-refractivity contribution in [3.63, 3.8) is 0 Å². The average Bonchev–Trinajstić information content (AvgIpc) is 3.50. The van der Waals surface area contributed by atoms with Crippen LogP contribution >= 0.6 is 0 Å². The van der Waals surface area contributed by atoms with Gasteiger partial charge in [0.05, 0.1) is 24.6 Å². The van der Waals surface area contributed by atoms with Gasteiger partial charge in [0.15, 0.2) is 0 Å². The summed E-state index contributed by atoms with van der Waals surface area (Å²) in [5.41, 5.74) is 0.0315. The van der Waals surface area contributed by atoms with Gasteiger partial charge in [0.25, 0.3) is 0 Å². The molecule has 236 valence electrons. The number of nitrogens with one attached hydrogen (secondary N) is 1. The van der Waals surface area contributed by atoms with E-state index in [4.69, 9.17) is 4.74 Å². The Morgan fingerprint density at radius 2 is 1.61 bits per heavy atom. The average molecular weight is 632 g/mol. The smallest absolute Gasteiger partial charge is 0.416 e. The summed E-state index contributed by atoms with van der Waals surface area (Å²) in [5, 5.41) is 3.07. The normalized spacial score (nSPS) is 14.6. The molecule has 0 aliphatic heterocycles. The summed E-state index contributed by atoms with van der Waals surface area (Å²) >= 11 is 0. The molecule has 1 atom stereocenters. The second-order valence-corrected chi connectivity index (χ2v) is 12.8. The third kappa shape index (κ3) is 8.75. The molecular weight excluding hydrogens is 595 g/mol. The van der Waals surface area contributed by atoms with E-state index in [0.29, 0.717) is 21.7 Å². The van der Waals surface area contributed by atoms with Crippen LogP contribution in [0.2, 0.25) is 0 Å². The molecule has 1 fully saturated rings. The fourth-order valence-corrected chi connectivity index (χ4v) is 6.18. The van der Waals surface area contributed by atoms with Gasteiger partial charge in [-0.15, -0.1) is 0 Å². The highest BCUT2D eigenvalue weighted by Gasteiger charge is 2.35. The molecule has 8 nitrogen and oxygen atoms in total. The zero-order valence-electron chi connectivity index (χ0n) is 24.6. The largest absolute Gasteiger partial charge is 0.497 e. The van der Waals surface area contributed by atoms with Crippen molar-refractivity contribution in [2.45, 2.75) is 56.9 Å². The highest BCUT2D eigenvalue weighted by Crippen LogP contribution is 2.32. The van der Waals surface area contributed by atoms with Crippen molar-refractivity contribution in [3.05, 3.63) is 95.6 Å². The van der Waals surface area contributed by atoms with E-state index in [9.17, 15) is 31.2 Å². The summed E-state index contributed by atoms with van der Waals surface area (Å²) in [6.07, 6.45) is -0.197. The van der Waals surface area contributed by atoms with Crippen LogP contribution in [0.4, 0.5) is 18.9 Å². The molecule has 3 aromatic carbocycles. The van der Waals surface area contributed by atoms with E-state index in [-0.39, 0.29) is 30.6 Å².